The summed E-state index contributed by atoms with van der Waals surface area (Å²) in [5.74, 6) is 0. The summed E-state index contributed by atoms with van der Waals surface area (Å²) in [6.45, 7) is 1.69. The summed E-state index contributed by atoms with van der Waals surface area (Å²) in [4.78, 5) is 0. The molecule has 2 unspecified atom stereocenters. The fourth-order valence-electron chi connectivity index (χ4n) is 1.28. The van der Waals surface area contributed by atoms with Crippen LogP contribution in [0.1, 0.15) is 19.8 Å². The first-order valence-electron chi connectivity index (χ1n) is 3.93. The van der Waals surface area contributed by atoms with E-state index in [9.17, 15) is 17.6 Å². The van der Waals surface area contributed by atoms with E-state index in [1.165, 1.54) is 0 Å². The number of hydrogen-bond acceptors (Lipinski definition) is 1. The summed E-state index contributed by atoms with van der Waals surface area (Å²) in [6, 6.07) is 0. The predicted octanol–water partition coefficient (Wildman–Crippen LogP) is 2.97. The molecule has 0 fully saturated rings. The molecule has 13 heavy (non-hydrogen) atoms. The van der Waals surface area contributed by atoms with E-state index in [4.69, 9.17) is 0 Å². The molecule has 0 bridgehead atoms. The average molecular weight is 198 g/mol. The molecule has 0 N–H and O–H groups in total. The van der Waals surface area contributed by atoms with Crippen LogP contribution in [0.3, 0.4) is 0 Å². The number of hydrogen-bond donors (Lipinski definition) is 0. The summed E-state index contributed by atoms with van der Waals surface area (Å²) >= 11 is 0. The van der Waals surface area contributed by atoms with E-state index in [0.29, 0.717) is 0 Å². The van der Waals surface area contributed by atoms with Crippen LogP contribution in [-0.4, -0.2) is 18.6 Å². The third-order valence-corrected chi connectivity index (χ3v) is 1.90. The molecule has 0 saturated heterocycles. The highest BCUT2D eigenvalue weighted by Crippen LogP contribution is 2.29. The molecule has 0 aromatic rings. The molecule has 1 rings (SSSR count). The Labute approximate surface area is 73.4 Å². The highest BCUT2D eigenvalue weighted by Gasteiger charge is 2.37. The SMILES string of the molecule is CC1=CCC(OC(F)(F)F)C(F)C1. The minimum absolute atomic E-state index is 0.00743. The Morgan fingerprint density at radius 3 is 2.54 bits per heavy atom. The van der Waals surface area contributed by atoms with Gasteiger partial charge in [-0.3, -0.25) is 4.74 Å². The van der Waals surface area contributed by atoms with E-state index in [-0.39, 0.29) is 12.8 Å². The van der Waals surface area contributed by atoms with Crippen molar-refractivity contribution in [2.75, 3.05) is 0 Å². The lowest BCUT2D eigenvalue weighted by Gasteiger charge is -2.25. The van der Waals surface area contributed by atoms with Gasteiger partial charge in [0.2, 0.25) is 0 Å². The van der Waals surface area contributed by atoms with Gasteiger partial charge in [0.05, 0.1) is 0 Å². The Balaban J connectivity index is 2.53. The summed E-state index contributed by atoms with van der Waals surface area (Å²) < 4.78 is 51.7. The van der Waals surface area contributed by atoms with Gasteiger partial charge in [0.1, 0.15) is 12.3 Å². The first-order valence-corrected chi connectivity index (χ1v) is 3.93. The molecule has 0 amide bonds. The van der Waals surface area contributed by atoms with Gasteiger partial charge in [-0.1, -0.05) is 11.6 Å². The Morgan fingerprint density at radius 2 is 2.08 bits per heavy atom. The average Bonchev–Trinajstić information content (AvgIpc) is 1.93. The Morgan fingerprint density at radius 1 is 1.46 bits per heavy atom. The second kappa shape index (κ2) is 3.65. The van der Waals surface area contributed by atoms with Gasteiger partial charge in [0.25, 0.3) is 0 Å². The summed E-state index contributed by atoms with van der Waals surface area (Å²) in [7, 11) is 0. The van der Waals surface area contributed by atoms with Gasteiger partial charge in [-0.25, -0.2) is 4.39 Å². The number of allylic oxidation sites excluding steroid dienone is 1. The fourth-order valence-corrected chi connectivity index (χ4v) is 1.28. The van der Waals surface area contributed by atoms with Crippen LogP contribution in [0.25, 0.3) is 0 Å². The number of halogens is 4. The van der Waals surface area contributed by atoms with Crippen LogP contribution in [0, 0.1) is 0 Å². The lowest BCUT2D eigenvalue weighted by atomic mass is 9.96. The van der Waals surface area contributed by atoms with E-state index < -0.39 is 18.6 Å². The molecule has 2 atom stereocenters. The maximum atomic E-state index is 13.0. The molecule has 0 aromatic heterocycles. The zero-order chi connectivity index (χ0) is 10.1. The van der Waals surface area contributed by atoms with E-state index in [0.717, 1.165) is 5.57 Å². The Kier molecular flexibility index (Phi) is 2.95. The van der Waals surface area contributed by atoms with Crippen molar-refractivity contribution in [3.63, 3.8) is 0 Å². The van der Waals surface area contributed by atoms with Gasteiger partial charge in [-0.15, -0.1) is 13.2 Å². The lowest BCUT2D eigenvalue weighted by molar-refractivity contribution is -0.348. The Bertz CT molecular complexity index is 209. The van der Waals surface area contributed by atoms with Gasteiger partial charge in [0.15, 0.2) is 0 Å². The molecule has 1 aliphatic rings. The van der Waals surface area contributed by atoms with Crippen LogP contribution in [0.15, 0.2) is 11.6 Å². The zero-order valence-corrected chi connectivity index (χ0v) is 7.07. The molecular formula is C8H10F4O. The minimum atomic E-state index is -4.74. The van der Waals surface area contributed by atoms with Gasteiger partial charge in [-0.2, -0.15) is 0 Å². The van der Waals surface area contributed by atoms with Crippen molar-refractivity contribution in [3.8, 4) is 0 Å². The highest BCUT2D eigenvalue weighted by molar-refractivity contribution is 5.07. The molecule has 0 heterocycles. The van der Waals surface area contributed by atoms with Crippen LogP contribution in [0.4, 0.5) is 17.6 Å². The van der Waals surface area contributed by atoms with Crippen molar-refractivity contribution in [2.45, 2.75) is 38.4 Å². The second-order valence-electron chi connectivity index (χ2n) is 3.11. The molecule has 0 radical (unpaired) electrons. The first-order chi connectivity index (χ1) is 5.88. The van der Waals surface area contributed by atoms with E-state index in [1.807, 2.05) is 0 Å². The van der Waals surface area contributed by atoms with Crippen molar-refractivity contribution in [3.05, 3.63) is 11.6 Å². The minimum Gasteiger partial charge on any atom is -0.285 e. The first kappa shape index (κ1) is 10.5. The standard InChI is InChI=1S/C8H10F4O/c1-5-2-3-7(6(9)4-5)13-8(10,11)12/h2,6-7H,3-4H2,1H3. The molecule has 0 spiro atoms. The third-order valence-electron chi connectivity index (χ3n) is 1.90. The normalized spacial score (nSPS) is 30.1. The maximum absolute atomic E-state index is 13.0. The summed E-state index contributed by atoms with van der Waals surface area (Å²) in [5, 5.41) is 0. The van der Waals surface area contributed by atoms with Crippen molar-refractivity contribution in [1.82, 2.24) is 0 Å². The van der Waals surface area contributed by atoms with Gasteiger partial charge >= 0.3 is 6.36 Å². The van der Waals surface area contributed by atoms with E-state index in [1.54, 1.807) is 13.0 Å². The van der Waals surface area contributed by atoms with Gasteiger partial charge in [0, 0.05) is 6.42 Å². The van der Waals surface area contributed by atoms with E-state index in [2.05, 4.69) is 4.74 Å². The third kappa shape index (κ3) is 3.34. The Hall–Kier alpha value is -0.580. The van der Waals surface area contributed by atoms with Crippen molar-refractivity contribution >= 4 is 0 Å². The van der Waals surface area contributed by atoms with Gasteiger partial charge < -0.3 is 0 Å². The smallest absolute Gasteiger partial charge is 0.285 e. The summed E-state index contributed by atoms with van der Waals surface area (Å²) in [5.41, 5.74) is 0.773. The topological polar surface area (TPSA) is 9.23 Å². The molecule has 5 heteroatoms. The zero-order valence-electron chi connectivity index (χ0n) is 7.07. The van der Waals surface area contributed by atoms with Crippen molar-refractivity contribution in [2.24, 2.45) is 0 Å². The molecule has 1 aliphatic carbocycles. The van der Waals surface area contributed by atoms with Crippen LogP contribution in [0.2, 0.25) is 0 Å². The van der Waals surface area contributed by atoms with Crippen LogP contribution in [-0.2, 0) is 4.74 Å². The van der Waals surface area contributed by atoms with Crippen LogP contribution < -0.4 is 0 Å². The monoisotopic (exact) mass is 198 g/mol. The molecule has 0 aliphatic heterocycles. The van der Waals surface area contributed by atoms with Crippen LogP contribution >= 0.6 is 0 Å². The lowest BCUT2D eigenvalue weighted by Crippen LogP contribution is -2.33. The second-order valence-corrected chi connectivity index (χ2v) is 3.11. The number of alkyl halides is 4. The number of ether oxygens (including phenoxy) is 1. The molecule has 0 aromatic carbocycles. The molecule has 0 saturated carbocycles. The molecule has 76 valence electrons. The van der Waals surface area contributed by atoms with Crippen molar-refractivity contribution in [1.29, 1.82) is 0 Å². The van der Waals surface area contributed by atoms with Crippen LogP contribution in [0.5, 0.6) is 0 Å². The predicted molar refractivity (Wildman–Crippen MR) is 38.8 cm³/mol. The largest absolute Gasteiger partial charge is 0.522 e. The van der Waals surface area contributed by atoms with E-state index >= 15 is 0 Å². The highest BCUT2D eigenvalue weighted by atomic mass is 19.4. The van der Waals surface area contributed by atoms with Crippen molar-refractivity contribution < 1.29 is 22.3 Å². The number of rotatable bonds is 1. The summed E-state index contributed by atoms with van der Waals surface area (Å²) in [6.07, 6.45) is -6.07. The maximum Gasteiger partial charge on any atom is 0.522 e. The quantitative estimate of drug-likeness (QED) is 0.465. The molecule has 1 nitrogen and oxygen atoms in total. The van der Waals surface area contributed by atoms with Gasteiger partial charge in [-0.05, 0) is 13.3 Å². The molecular weight excluding hydrogens is 188 g/mol. The fraction of sp³-hybridized carbons (Fsp3) is 0.750.